The molecular formula is C17H17N2O6S-. The third-order valence-corrected chi connectivity index (χ3v) is 5.19. The summed E-state index contributed by atoms with van der Waals surface area (Å²) in [5.74, 6) is -1.32. The predicted octanol–water partition coefficient (Wildman–Crippen LogP) is 0.599. The zero-order valence-electron chi connectivity index (χ0n) is 14.1. The number of carbonyl (C=O) groups excluding carboxylic acids is 2. The molecule has 0 aliphatic heterocycles. The van der Waals surface area contributed by atoms with Crippen molar-refractivity contribution in [1.82, 2.24) is 0 Å². The second-order valence-electron chi connectivity index (χ2n) is 5.33. The van der Waals surface area contributed by atoms with E-state index in [1.54, 1.807) is 0 Å². The highest BCUT2D eigenvalue weighted by atomic mass is 32.2. The van der Waals surface area contributed by atoms with E-state index in [0.717, 1.165) is 4.31 Å². The zero-order valence-corrected chi connectivity index (χ0v) is 14.9. The van der Waals surface area contributed by atoms with Gasteiger partial charge in [0.25, 0.3) is 10.0 Å². The highest BCUT2D eigenvalue weighted by molar-refractivity contribution is 7.92. The second-order valence-corrected chi connectivity index (χ2v) is 7.30. The van der Waals surface area contributed by atoms with Gasteiger partial charge in [-0.1, -0.05) is 0 Å². The van der Waals surface area contributed by atoms with Gasteiger partial charge in [0, 0.05) is 19.7 Å². The molecule has 8 nitrogen and oxygen atoms in total. The molecule has 0 fully saturated rings. The van der Waals surface area contributed by atoms with E-state index in [9.17, 15) is 23.1 Å². The Balaban J connectivity index is 2.17. The van der Waals surface area contributed by atoms with Gasteiger partial charge in [0.1, 0.15) is 12.4 Å². The predicted molar refractivity (Wildman–Crippen MR) is 93.3 cm³/mol. The van der Waals surface area contributed by atoms with E-state index in [2.05, 4.69) is 5.32 Å². The molecule has 0 aliphatic carbocycles. The van der Waals surface area contributed by atoms with Crippen LogP contribution in [0.1, 0.15) is 6.92 Å². The molecule has 0 heterocycles. The molecule has 2 rings (SSSR count). The standard InChI is InChI=1S/C17H18N2O6S/c1-12(20)18-13-3-9-16(10-4-13)26(23,24)19(2)14-5-7-15(8-6-14)25-11-17(21)22/h3-10H,11H2,1-2H3,(H,18,20)(H,21,22)/p-1. The Morgan fingerprint density at radius 2 is 1.65 bits per heavy atom. The number of sulfonamides is 1. The van der Waals surface area contributed by atoms with Crippen LogP contribution in [-0.4, -0.2) is 33.9 Å². The summed E-state index contributed by atoms with van der Waals surface area (Å²) in [4.78, 5) is 21.4. The second kappa shape index (κ2) is 7.87. The summed E-state index contributed by atoms with van der Waals surface area (Å²) in [6.07, 6.45) is 0. The lowest BCUT2D eigenvalue weighted by Gasteiger charge is -2.20. The number of amides is 1. The van der Waals surface area contributed by atoms with Gasteiger partial charge in [0.15, 0.2) is 0 Å². The fraction of sp³-hybridized carbons (Fsp3) is 0.176. The zero-order chi connectivity index (χ0) is 19.3. The third kappa shape index (κ3) is 4.73. The van der Waals surface area contributed by atoms with Crippen LogP contribution in [0.4, 0.5) is 11.4 Å². The smallest absolute Gasteiger partial charge is 0.264 e. The number of carboxylic acids is 1. The molecule has 0 saturated heterocycles. The summed E-state index contributed by atoms with van der Waals surface area (Å²) in [5.41, 5.74) is 0.866. The fourth-order valence-corrected chi connectivity index (χ4v) is 3.30. The van der Waals surface area contributed by atoms with E-state index in [-0.39, 0.29) is 16.6 Å². The summed E-state index contributed by atoms with van der Waals surface area (Å²) < 4.78 is 31.4. The van der Waals surface area contributed by atoms with Gasteiger partial charge in [-0.05, 0) is 48.5 Å². The fourth-order valence-electron chi connectivity index (χ4n) is 2.10. The molecule has 0 saturated carbocycles. The van der Waals surface area contributed by atoms with Crippen LogP contribution in [0.5, 0.6) is 5.75 Å². The molecule has 2 aromatic rings. The summed E-state index contributed by atoms with van der Waals surface area (Å²) in [6, 6.07) is 11.7. The maximum Gasteiger partial charge on any atom is 0.264 e. The van der Waals surface area contributed by atoms with E-state index < -0.39 is 22.6 Å². The SMILES string of the molecule is CC(=O)Nc1ccc(S(=O)(=O)N(C)c2ccc(OCC(=O)[O-])cc2)cc1. The van der Waals surface area contributed by atoms with Crippen molar-refractivity contribution in [3.63, 3.8) is 0 Å². The highest BCUT2D eigenvalue weighted by Crippen LogP contribution is 2.25. The van der Waals surface area contributed by atoms with Crippen molar-refractivity contribution in [3.8, 4) is 5.75 Å². The molecule has 0 aromatic heterocycles. The van der Waals surface area contributed by atoms with E-state index in [1.165, 1.54) is 62.5 Å². The van der Waals surface area contributed by atoms with Crippen LogP contribution in [0.3, 0.4) is 0 Å². The summed E-state index contributed by atoms with van der Waals surface area (Å²) in [5, 5.41) is 12.9. The number of hydrogen-bond acceptors (Lipinski definition) is 6. The van der Waals surface area contributed by atoms with Gasteiger partial charge in [-0.15, -0.1) is 0 Å². The van der Waals surface area contributed by atoms with Crippen molar-refractivity contribution < 1.29 is 27.9 Å². The van der Waals surface area contributed by atoms with Gasteiger partial charge < -0.3 is 20.0 Å². The lowest BCUT2D eigenvalue weighted by molar-refractivity contribution is -0.307. The van der Waals surface area contributed by atoms with Crippen molar-refractivity contribution in [2.75, 3.05) is 23.3 Å². The number of nitrogens with one attached hydrogen (secondary N) is 1. The maximum atomic E-state index is 12.7. The van der Waals surface area contributed by atoms with Crippen LogP contribution in [0.25, 0.3) is 0 Å². The summed E-state index contributed by atoms with van der Waals surface area (Å²) >= 11 is 0. The van der Waals surface area contributed by atoms with Crippen LogP contribution in [0, 0.1) is 0 Å². The largest absolute Gasteiger partial charge is 0.546 e. The van der Waals surface area contributed by atoms with Crippen LogP contribution < -0.4 is 19.5 Å². The molecule has 2 aromatic carbocycles. The average Bonchev–Trinajstić information content (AvgIpc) is 2.59. The molecule has 138 valence electrons. The molecule has 0 radical (unpaired) electrons. The maximum absolute atomic E-state index is 12.7. The first-order chi connectivity index (χ1) is 12.2. The van der Waals surface area contributed by atoms with Crippen molar-refractivity contribution >= 4 is 33.3 Å². The minimum atomic E-state index is -3.80. The van der Waals surface area contributed by atoms with Crippen molar-refractivity contribution in [2.24, 2.45) is 0 Å². The number of rotatable bonds is 7. The first kappa shape index (κ1) is 19.3. The van der Waals surface area contributed by atoms with Crippen molar-refractivity contribution in [3.05, 3.63) is 48.5 Å². The lowest BCUT2D eigenvalue weighted by atomic mass is 10.3. The van der Waals surface area contributed by atoms with Crippen LogP contribution in [0.2, 0.25) is 0 Å². The molecule has 0 unspecified atom stereocenters. The Hall–Kier alpha value is -3.07. The first-order valence-corrected chi connectivity index (χ1v) is 8.93. The molecule has 1 amide bonds. The topological polar surface area (TPSA) is 116 Å². The number of aliphatic carboxylic acids is 1. The molecular weight excluding hydrogens is 360 g/mol. The Morgan fingerprint density at radius 1 is 1.08 bits per heavy atom. The van der Waals surface area contributed by atoms with E-state index >= 15 is 0 Å². The Bertz CT molecular complexity index is 892. The molecule has 9 heteroatoms. The first-order valence-electron chi connectivity index (χ1n) is 7.49. The molecule has 0 atom stereocenters. The number of carbonyl (C=O) groups is 2. The quantitative estimate of drug-likeness (QED) is 0.755. The van der Waals surface area contributed by atoms with Gasteiger partial charge in [-0.2, -0.15) is 0 Å². The minimum absolute atomic E-state index is 0.0615. The molecule has 0 bridgehead atoms. The number of benzene rings is 2. The van der Waals surface area contributed by atoms with Gasteiger partial charge in [-0.25, -0.2) is 8.42 Å². The van der Waals surface area contributed by atoms with Gasteiger partial charge >= 0.3 is 0 Å². The van der Waals surface area contributed by atoms with E-state index in [0.29, 0.717) is 11.4 Å². The average molecular weight is 377 g/mol. The van der Waals surface area contributed by atoms with Gasteiger partial charge in [0.05, 0.1) is 16.6 Å². The Kier molecular flexibility index (Phi) is 5.83. The molecule has 1 N–H and O–H groups in total. The third-order valence-electron chi connectivity index (χ3n) is 3.39. The number of nitrogens with zero attached hydrogens (tertiary/aromatic N) is 1. The van der Waals surface area contributed by atoms with Crippen molar-refractivity contribution in [2.45, 2.75) is 11.8 Å². The Labute approximate surface area is 151 Å². The van der Waals surface area contributed by atoms with Gasteiger partial charge in [-0.3, -0.25) is 9.10 Å². The highest BCUT2D eigenvalue weighted by Gasteiger charge is 2.21. The number of ether oxygens (including phenoxy) is 1. The molecule has 26 heavy (non-hydrogen) atoms. The monoisotopic (exact) mass is 377 g/mol. The Morgan fingerprint density at radius 3 is 2.15 bits per heavy atom. The minimum Gasteiger partial charge on any atom is -0.546 e. The van der Waals surface area contributed by atoms with Crippen LogP contribution >= 0.6 is 0 Å². The normalized spacial score (nSPS) is 10.8. The summed E-state index contributed by atoms with van der Waals surface area (Å²) in [7, 11) is -2.40. The van der Waals surface area contributed by atoms with E-state index in [4.69, 9.17) is 4.74 Å². The van der Waals surface area contributed by atoms with E-state index in [1.807, 2.05) is 0 Å². The lowest BCUT2D eigenvalue weighted by Crippen LogP contribution is -2.29. The van der Waals surface area contributed by atoms with Gasteiger partial charge in [0.2, 0.25) is 5.91 Å². The molecule has 0 aliphatic rings. The number of hydrogen-bond donors (Lipinski definition) is 1. The summed E-state index contributed by atoms with van der Waals surface area (Å²) in [6.45, 7) is 0.771. The van der Waals surface area contributed by atoms with Crippen LogP contribution in [0.15, 0.2) is 53.4 Å². The number of anilines is 2. The number of carboxylic acid groups (broad SMARTS) is 1. The van der Waals surface area contributed by atoms with Crippen LogP contribution in [-0.2, 0) is 19.6 Å². The van der Waals surface area contributed by atoms with Crippen molar-refractivity contribution in [1.29, 1.82) is 0 Å². The molecule has 0 spiro atoms.